The summed E-state index contributed by atoms with van der Waals surface area (Å²) in [6.07, 6.45) is 0. The number of nitrogens with two attached hydrogens (primary N) is 1. The standard InChI is InChI=1S/C15H15N3O2S/c1-11(12-5-3-2-4-6-12)18-21(19,20)15-8-7-14(17)9-13(15)10-16/h2-9,11,18H,17H2,1H3/t11-/m1/s1. The van der Waals surface area contributed by atoms with Crippen LogP contribution in [0, 0.1) is 11.3 Å². The van der Waals surface area contributed by atoms with Gasteiger partial charge < -0.3 is 5.73 Å². The topological polar surface area (TPSA) is 96.0 Å². The molecule has 3 N–H and O–H groups in total. The second kappa shape index (κ2) is 5.95. The highest BCUT2D eigenvalue weighted by Crippen LogP contribution is 2.21. The summed E-state index contributed by atoms with van der Waals surface area (Å²) < 4.78 is 27.4. The number of hydrogen-bond acceptors (Lipinski definition) is 4. The van der Waals surface area contributed by atoms with Gasteiger partial charge in [-0.25, -0.2) is 13.1 Å². The Bertz CT molecular complexity index is 780. The fraction of sp³-hybridized carbons (Fsp3) is 0.133. The molecule has 0 aliphatic heterocycles. The molecule has 0 heterocycles. The van der Waals surface area contributed by atoms with Crippen LogP contribution < -0.4 is 10.5 Å². The predicted octanol–water partition coefficient (Wildman–Crippen LogP) is 2.18. The molecule has 2 aromatic rings. The van der Waals surface area contributed by atoms with E-state index in [1.165, 1.54) is 18.2 Å². The van der Waals surface area contributed by atoms with Gasteiger partial charge in [0, 0.05) is 11.7 Å². The van der Waals surface area contributed by atoms with Crippen LogP contribution in [0.4, 0.5) is 5.69 Å². The Morgan fingerprint density at radius 1 is 1.19 bits per heavy atom. The van der Waals surface area contributed by atoms with E-state index in [-0.39, 0.29) is 10.5 Å². The summed E-state index contributed by atoms with van der Waals surface area (Å²) in [4.78, 5) is -0.0676. The van der Waals surface area contributed by atoms with Gasteiger partial charge in [-0.1, -0.05) is 30.3 Å². The molecule has 0 radical (unpaired) electrons. The normalized spacial score (nSPS) is 12.6. The van der Waals surface area contributed by atoms with Gasteiger partial charge in [0.15, 0.2) is 0 Å². The lowest BCUT2D eigenvalue weighted by molar-refractivity contribution is 0.566. The van der Waals surface area contributed by atoms with E-state index in [1.54, 1.807) is 6.92 Å². The molecule has 2 rings (SSSR count). The van der Waals surface area contributed by atoms with Gasteiger partial charge in [-0.05, 0) is 30.7 Å². The van der Waals surface area contributed by atoms with Crippen molar-refractivity contribution in [3.63, 3.8) is 0 Å². The van der Waals surface area contributed by atoms with Crippen LogP contribution in [-0.4, -0.2) is 8.42 Å². The van der Waals surface area contributed by atoms with Gasteiger partial charge in [0.1, 0.15) is 6.07 Å². The predicted molar refractivity (Wildman–Crippen MR) is 80.7 cm³/mol. The molecular weight excluding hydrogens is 286 g/mol. The van der Waals surface area contributed by atoms with E-state index in [9.17, 15) is 8.42 Å². The van der Waals surface area contributed by atoms with E-state index in [4.69, 9.17) is 11.0 Å². The van der Waals surface area contributed by atoms with Crippen molar-refractivity contribution in [2.75, 3.05) is 5.73 Å². The number of hydrogen-bond donors (Lipinski definition) is 2. The quantitative estimate of drug-likeness (QED) is 0.846. The van der Waals surface area contributed by atoms with Crippen molar-refractivity contribution in [2.45, 2.75) is 17.9 Å². The average molecular weight is 301 g/mol. The SMILES string of the molecule is C[C@@H](NS(=O)(=O)c1ccc(N)cc1C#N)c1ccccc1. The molecule has 0 fully saturated rings. The maximum Gasteiger partial charge on any atom is 0.242 e. The third-order valence-corrected chi connectivity index (χ3v) is 4.64. The molecule has 0 saturated carbocycles. The van der Waals surface area contributed by atoms with Gasteiger partial charge in [-0.15, -0.1) is 0 Å². The fourth-order valence-electron chi connectivity index (χ4n) is 1.98. The molecule has 0 bridgehead atoms. The number of nitriles is 1. The van der Waals surface area contributed by atoms with Crippen molar-refractivity contribution >= 4 is 15.7 Å². The van der Waals surface area contributed by atoms with Gasteiger partial charge in [0.05, 0.1) is 10.5 Å². The number of nitrogen functional groups attached to an aromatic ring is 1. The third-order valence-electron chi connectivity index (χ3n) is 3.05. The molecule has 0 saturated heterocycles. The molecule has 0 aliphatic rings. The smallest absolute Gasteiger partial charge is 0.242 e. The van der Waals surface area contributed by atoms with Crippen molar-refractivity contribution in [1.29, 1.82) is 5.26 Å². The zero-order valence-corrected chi connectivity index (χ0v) is 12.3. The first-order chi connectivity index (χ1) is 9.94. The zero-order chi connectivity index (χ0) is 15.5. The lowest BCUT2D eigenvalue weighted by atomic mass is 10.1. The van der Waals surface area contributed by atoms with Crippen molar-refractivity contribution in [3.05, 3.63) is 59.7 Å². The van der Waals surface area contributed by atoms with Crippen LogP contribution in [0.15, 0.2) is 53.4 Å². The minimum Gasteiger partial charge on any atom is -0.399 e. The maximum absolute atomic E-state index is 12.4. The van der Waals surface area contributed by atoms with Crippen molar-refractivity contribution in [3.8, 4) is 6.07 Å². The van der Waals surface area contributed by atoms with Crippen LogP contribution in [0.1, 0.15) is 24.1 Å². The molecule has 2 aromatic carbocycles. The Labute approximate surface area is 124 Å². The van der Waals surface area contributed by atoms with E-state index >= 15 is 0 Å². The first-order valence-corrected chi connectivity index (χ1v) is 7.79. The second-order valence-electron chi connectivity index (χ2n) is 4.62. The van der Waals surface area contributed by atoms with Crippen LogP contribution >= 0.6 is 0 Å². The van der Waals surface area contributed by atoms with Gasteiger partial charge in [0.25, 0.3) is 0 Å². The summed E-state index contributed by atoms with van der Waals surface area (Å²) in [5.74, 6) is 0. The zero-order valence-electron chi connectivity index (χ0n) is 11.4. The van der Waals surface area contributed by atoms with Crippen molar-refractivity contribution in [2.24, 2.45) is 0 Å². The van der Waals surface area contributed by atoms with Crippen LogP contribution in [-0.2, 0) is 10.0 Å². The third kappa shape index (κ3) is 3.40. The summed E-state index contributed by atoms with van der Waals surface area (Å²) in [7, 11) is -3.80. The number of nitrogens with one attached hydrogen (secondary N) is 1. The monoisotopic (exact) mass is 301 g/mol. The minimum atomic E-state index is -3.80. The van der Waals surface area contributed by atoms with E-state index < -0.39 is 16.1 Å². The van der Waals surface area contributed by atoms with Crippen molar-refractivity contribution < 1.29 is 8.42 Å². The molecule has 0 amide bonds. The van der Waals surface area contributed by atoms with Gasteiger partial charge in [-0.2, -0.15) is 5.26 Å². The lowest BCUT2D eigenvalue weighted by Crippen LogP contribution is -2.27. The summed E-state index contributed by atoms with van der Waals surface area (Å²) in [5, 5.41) is 9.06. The molecule has 0 spiro atoms. The van der Waals surface area contributed by atoms with Gasteiger partial charge in [0.2, 0.25) is 10.0 Å². The Hall–Kier alpha value is -2.36. The number of sulfonamides is 1. The molecule has 0 aromatic heterocycles. The molecule has 6 heteroatoms. The fourth-order valence-corrected chi connectivity index (χ4v) is 3.35. The highest BCUT2D eigenvalue weighted by atomic mass is 32.2. The number of nitrogens with zero attached hydrogens (tertiary/aromatic N) is 1. The maximum atomic E-state index is 12.4. The Balaban J connectivity index is 2.34. The molecule has 1 atom stereocenters. The van der Waals surface area contributed by atoms with E-state index in [2.05, 4.69) is 4.72 Å². The van der Waals surface area contributed by atoms with E-state index in [0.717, 1.165) is 5.56 Å². The van der Waals surface area contributed by atoms with Crippen LogP contribution in [0.3, 0.4) is 0 Å². The minimum absolute atomic E-state index is 0.0303. The molecule has 108 valence electrons. The summed E-state index contributed by atoms with van der Waals surface area (Å²) in [5.41, 5.74) is 6.79. The molecule has 0 unspecified atom stereocenters. The molecule has 21 heavy (non-hydrogen) atoms. The molecule has 5 nitrogen and oxygen atoms in total. The first-order valence-electron chi connectivity index (χ1n) is 6.31. The Morgan fingerprint density at radius 3 is 2.48 bits per heavy atom. The van der Waals surface area contributed by atoms with Crippen LogP contribution in [0.2, 0.25) is 0 Å². The average Bonchev–Trinajstić information content (AvgIpc) is 2.47. The number of benzene rings is 2. The highest BCUT2D eigenvalue weighted by molar-refractivity contribution is 7.89. The lowest BCUT2D eigenvalue weighted by Gasteiger charge is -2.15. The number of anilines is 1. The molecule has 0 aliphatic carbocycles. The Kier molecular flexibility index (Phi) is 4.26. The summed E-state index contributed by atoms with van der Waals surface area (Å²) >= 11 is 0. The van der Waals surface area contributed by atoms with E-state index in [0.29, 0.717) is 5.69 Å². The number of rotatable bonds is 4. The van der Waals surface area contributed by atoms with E-state index in [1.807, 2.05) is 36.4 Å². The van der Waals surface area contributed by atoms with Gasteiger partial charge >= 0.3 is 0 Å². The largest absolute Gasteiger partial charge is 0.399 e. The van der Waals surface area contributed by atoms with Crippen LogP contribution in [0.5, 0.6) is 0 Å². The van der Waals surface area contributed by atoms with Crippen molar-refractivity contribution in [1.82, 2.24) is 4.72 Å². The first kappa shape index (κ1) is 15.0. The summed E-state index contributed by atoms with van der Waals surface area (Å²) in [6.45, 7) is 1.75. The molecular formula is C15H15N3O2S. The second-order valence-corrected chi connectivity index (χ2v) is 6.30. The Morgan fingerprint density at radius 2 is 1.86 bits per heavy atom. The summed E-state index contributed by atoms with van der Waals surface area (Å²) in [6, 6.07) is 14.8. The van der Waals surface area contributed by atoms with Gasteiger partial charge in [-0.3, -0.25) is 0 Å². The highest BCUT2D eigenvalue weighted by Gasteiger charge is 2.21. The van der Waals surface area contributed by atoms with Crippen LogP contribution in [0.25, 0.3) is 0 Å².